The Kier molecular flexibility index (Phi) is 9.09. The predicted molar refractivity (Wildman–Crippen MR) is 112 cm³/mol. The maximum Gasteiger partial charge on any atom is 0.408 e. The second-order valence-corrected chi connectivity index (χ2v) is 9.94. The Morgan fingerprint density at radius 3 is 2.44 bits per heavy atom. The number of anilines is 1. The summed E-state index contributed by atoms with van der Waals surface area (Å²) in [5.41, 5.74) is 0.434. The number of thioether (sulfide) groups is 1. The van der Waals surface area contributed by atoms with E-state index in [1.165, 1.54) is 0 Å². The highest BCUT2D eigenvalue weighted by Gasteiger charge is 2.25. The molecule has 2 N–H and O–H groups in total. The number of hydrogen-bond acceptors (Lipinski definition) is 5. The van der Waals surface area contributed by atoms with Crippen LogP contribution in [0.25, 0.3) is 0 Å². The first-order chi connectivity index (χ1) is 12.5. The second kappa shape index (κ2) is 10.5. The van der Waals surface area contributed by atoms with Crippen LogP contribution in [0.15, 0.2) is 24.5 Å². The summed E-state index contributed by atoms with van der Waals surface area (Å²) in [4.78, 5) is 28.7. The summed E-state index contributed by atoms with van der Waals surface area (Å²) in [6.07, 6.45) is 3.30. The van der Waals surface area contributed by atoms with Gasteiger partial charge in [0.25, 0.3) is 5.91 Å². The zero-order valence-electron chi connectivity index (χ0n) is 17.3. The summed E-state index contributed by atoms with van der Waals surface area (Å²) in [6.45, 7) is 12.2. The Balaban J connectivity index is 2.62. The van der Waals surface area contributed by atoms with Crippen molar-refractivity contribution in [3.8, 4) is 0 Å². The third kappa shape index (κ3) is 11.5. The van der Waals surface area contributed by atoms with Gasteiger partial charge in [-0.3, -0.25) is 9.78 Å². The summed E-state index contributed by atoms with van der Waals surface area (Å²) in [6, 6.07) is 3.48. The first-order valence-corrected chi connectivity index (χ1v) is 10.4. The van der Waals surface area contributed by atoms with Gasteiger partial charge >= 0.3 is 6.09 Å². The van der Waals surface area contributed by atoms with Gasteiger partial charge in [-0.15, -0.1) is 0 Å². The number of nitrogens with zero attached hydrogens (tertiary/aromatic N) is 1. The molecule has 0 radical (unpaired) electrons. The number of rotatable bonds is 8. The van der Waals surface area contributed by atoms with Crippen molar-refractivity contribution in [1.29, 1.82) is 0 Å². The maximum absolute atomic E-state index is 12.6. The van der Waals surface area contributed by atoms with Crippen LogP contribution in [-0.2, 0) is 9.53 Å². The fraction of sp³-hybridized carbons (Fsp3) is 0.650. The first-order valence-electron chi connectivity index (χ1n) is 9.24. The number of alkyl carbamates (subject to hydrolysis) is 1. The van der Waals surface area contributed by atoms with Gasteiger partial charge in [-0.05, 0) is 56.2 Å². The highest BCUT2D eigenvalue weighted by molar-refractivity contribution is 7.99. The number of hydrogen-bond donors (Lipinski definition) is 2. The van der Waals surface area contributed by atoms with Crippen LogP contribution >= 0.6 is 11.8 Å². The monoisotopic (exact) mass is 395 g/mol. The zero-order chi connectivity index (χ0) is 20.5. The second-order valence-electron chi connectivity index (χ2n) is 8.71. The Bertz CT molecular complexity index is 595. The topological polar surface area (TPSA) is 80.3 Å². The van der Waals surface area contributed by atoms with E-state index in [1.807, 2.05) is 20.8 Å². The number of amides is 2. The lowest BCUT2D eigenvalue weighted by molar-refractivity contribution is -0.124. The number of carbonyl (C=O) groups is 2. The van der Waals surface area contributed by atoms with Gasteiger partial charge in [-0.2, -0.15) is 11.8 Å². The molecular formula is C20H33N3O3S. The largest absolute Gasteiger partial charge is 0.436 e. The SMILES string of the molecule is CC(C)(C)CCSCCC(OC(=O)NC(C)(C)C)C(=O)Nc1cccnc1. The standard InChI is InChI=1S/C20H33N3O3S/c1-19(2,3)10-13-27-12-9-16(26-18(25)23-20(4,5)6)17(24)22-15-8-7-11-21-14-15/h7-8,11,14,16H,9-10,12-13H2,1-6H3,(H,22,24)(H,23,25). The van der Waals surface area contributed by atoms with E-state index in [0.717, 1.165) is 17.9 Å². The number of carbonyl (C=O) groups excluding carboxylic acids is 2. The third-order valence-corrected chi connectivity index (χ3v) is 4.49. The van der Waals surface area contributed by atoms with Crippen molar-refractivity contribution in [3.63, 3.8) is 0 Å². The molecule has 1 aromatic heterocycles. The molecule has 1 rings (SSSR count). The van der Waals surface area contributed by atoms with E-state index in [1.54, 1.807) is 36.3 Å². The molecule has 0 saturated carbocycles. The van der Waals surface area contributed by atoms with E-state index in [9.17, 15) is 9.59 Å². The number of aromatic nitrogens is 1. The third-order valence-electron chi connectivity index (χ3n) is 3.47. The van der Waals surface area contributed by atoms with Crippen molar-refractivity contribution in [2.75, 3.05) is 16.8 Å². The summed E-state index contributed by atoms with van der Waals surface area (Å²) in [5, 5.41) is 5.49. The molecule has 6 nitrogen and oxygen atoms in total. The average Bonchev–Trinajstić information content (AvgIpc) is 2.51. The molecule has 0 aromatic carbocycles. The van der Waals surface area contributed by atoms with Crippen LogP contribution < -0.4 is 10.6 Å². The molecule has 0 saturated heterocycles. The molecule has 0 aliphatic heterocycles. The predicted octanol–water partition coefficient (Wildman–Crippen LogP) is 4.47. The number of ether oxygens (including phenoxy) is 1. The lowest BCUT2D eigenvalue weighted by Crippen LogP contribution is -2.44. The van der Waals surface area contributed by atoms with Crippen LogP contribution in [0.2, 0.25) is 0 Å². The molecule has 27 heavy (non-hydrogen) atoms. The molecule has 1 aromatic rings. The smallest absolute Gasteiger partial charge is 0.408 e. The van der Waals surface area contributed by atoms with Crippen molar-refractivity contribution < 1.29 is 14.3 Å². The molecule has 0 spiro atoms. The average molecular weight is 396 g/mol. The molecule has 1 unspecified atom stereocenters. The van der Waals surface area contributed by atoms with Crippen molar-refractivity contribution in [3.05, 3.63) is 24.5 Å². The van der Waals surface area contributed by atoms with Crippen LogP contribution in [0.3, 0.4) is 0 Å². The van der Waals surface area contributed by atoms with Gasteiger partial charge < -0.3 is 15.4 Å². The number of nitrogens with one attached hydrogen (secondary N) is 2. The lowest BCUT2D eigenvalue weighted by Gasteiger charge is -2.23. The molecule has 0 bridgehead atoms. The molecule has 152 valence electrons. The van der Waals surface area contributed by atoms with Crippen molar-refractivity contribution in [1.82, 2.24) is 10.3 Å². The summed E-state index contributed by atoms with van der Waals surface area (Å²) < 4.78 is 5.41. The molecule has 1 heterocycles. The van der Waals surface area contributed by atoms with E-state index in [-0.39, 0.29) is 11.3 Å². The van der Waals surface area contributed by atoms with E-state index >= 15 is 0 Å². The van der Waals surface area contributed by atoms with Crippen LogP contribution in [0.4, 0.5) is 10.5 Å². The minimum atomic E-state index is -0.852. The van der Waals surface area contributed by atoms with Gasteiger partial charge in [0.2, 0.25) is 0 Å². The van der Waals surface area contributed by atoms with Gasteiger partial charge in [-0.1, -0.05) is 20.8 Å². The lowest BCUT2D eigenvalue weighted by atomic mass is 9.94. The molecule has 0 aliphatic carbocycles. The van der Waals surface area contributed by atoms with E-state index < -0.39 is 17.7 Å². The minimum Gasteiger partial charge on any atom is -0.436 e. The highest BCUT2D eigenvalue weighted by atomic mass is 32.2. The van der Waals surface area contributed by atoms with Crippen molar-refractivity contribution in [2.24, 2.45) is 5.41 Å². The summed E-state index contributed by atoms with van der Waals surface area (Å²) in [7, 11) is 0. The van der Waals surface area contributed by atoms with Crippen LogP contribution in [0.5, 0.6) is 0 Å². The normalized spacial score (nSPS) is 13.0. The van der Waals surface area contributed by atoms with E-state index in [0.29, 0.717) is 12.1 Å². The van der Waals surface area contributed by atoms with Gasteiger partial charge in [0.05, 0.1) is 11.9 Å². The quantitative estimate of drug-likeness (QED) is 0.635. The van der Waals surface area contributed by atoms with E-state index in [4.69, 9.17) is 4.74 Å². The minimum absolute atomic E-state index is 0.285. The van der Waals surface area contributed by atoms with Crippen LogP contribution in [-0.4, -0.2) is 40.1 Å². The van der Waals surface area contributed by atoms with Crippen molar-refractivity contribution >= 4 is 29.4 Å². The molecule has 2 amide bonds. The maximum atomic E-state index is 12.6. The van der Waals surface area contributed by atoms with Gasteiger partial charge in [0, 0.05) is 18.2 Å². The summed E-state index contributed by atoms with van der Waals surface area (Å²) in [5.74, 6) is 1.40. The molecular weight excluding hydrogens is 362 g/mol. The Morgan fingerprint density at radius 2 is 1.89 bits per heavy atom. The van der Waals surface area contributed by atoms with Gasteiger partial charge in [-0.25, -0.2) is 4.79 Å². The first kappa shape index (κ1) is 23.3. The molecule has 1 atom stereocenters. The zero-order valence-corrected chi connectivity index (χ0v) is 18.1. The van der Waals surface area contributed by atoms with Gasteiger partial charge in [0.15, 0.2) is 6.10 Å². The Labute approximate surface area is 167 Å². The van der Waals surface area contributed by atoms with Crippen LogP contribution in [0, 0.1) is 5.41 Å². The molecule has 0 aliphatic rings. The van der Waals surface area contributed by atoms with Crippen molar-refractivity contribution in [2.45, 2.75) is 66.0 Å². The highest BCUT2D eigenvalue weighted by Crippen LogP contribution is 2.22. The van der Waals surface area contributed by atoms with Gasteiger partial charge in [0.1, 0.15) is 0 Å². The molecule has 0 fully saturated rings. The Morgan fingerprint density at radius 1 is 1.19 bits per heavy atom. The van der Waals surface area contributed by atoms with E-state index in [2.05, 4.69) is 36.4 Å². The fourth-order valence-electron chi connectivity index (χ4n) is 2.04. The van der Waals surface area contributed by atoms with Crippen LogP contribution in [0.1, 0.15) is 54.4 Å². The summed E-state index contributed by atoms with van der Waals surface area (Å²) >= 11 is 1.77. The number of pyridine rings is 1. The fourth-order valence-corrected chi connectivity index (χ4v) is 3.38. The molecule has 7 heteroatoms. The Hall–Kier alpha value is -1.76.